The van der Waals surface area contributed by atoms with Gasteiger partial charge in [0.2, 0.25) is 0 Å². The molecule has 20 heavy (non-hydrogen) atoms. The number of carbonyl (C=O) groups is 1. The van der Waals surface area contributed by atoms with Crippen molar-refractivity contribution in [2.45, 2.75) is 26.8 Å². The molecule has 2 atom stereocenters. The lowest BCUT2D eigenvalue weighted by Gasteiger charge is -2.00. The van der Waals surface area contributed by atoms with Gasteiger partial charge in [-0.25, -0.2) is 4.79 Å². The summed E-state index contributed by atoms with van der Waals surface area (Å²) in [6.07, 6.45) is 14.0. The zero-order valence-corrected chi connectivity index (χ0v) is 12.3. The van der Waals surface area contributed by atoms with E-state index in [1.54, 1.807) is 0 Å². The number of rotatable bonds is 5. The molecule has 0 aliphatic heterocycles. The van der Waals surface area contributed by atoms with Crippen molar-refractivity contribution < 1.29 is 9.53 Å². The van der Waals surface area contributed by atoms with Gasteiger partial charge in [-0.1, -0.05) is 25.8 Å². The van der Waals surface area contributed by atoms with E-state index >= 15 is 0 Å². The van der Waals surface area contributed by atoms with Crippen molar-refractivity contribution in [1.29, 1.82) is 0 Å². The molecule has 2 rings (SSSR count). The van der Waals surface area contributed by atoms with Crippen molar-refractivity contribution in [3.05, 3.63) is 36.2 Å². The molecular formula is C17H21NO2. The van der Waals surface area contributed by atoms with E-state index in [9.17, 15) is 4.79 Å². The molecule has 1 aromatic rings. The topological polar surface area (TPSA) is 31.2 Å². The fourth-order valence-electron chi connectivity index (χ4n) is 2.88. The van der Waals surface area contributed by atoms with Gasteiger partial charge in [-0.2, -0.15) is 0 Å². The monoisotopic (exact) mass is 271 g/mol. The Labute approximate surface area is 120 Å². The highest BCUT2D eigenvalue weighted by molar-refractivity contribution is 5.81. The van der Waals surface area contributed by atoms with Gasteiger partial charge in [-0.3, -0.25) is 0 Å². The van der Waals surface area contributed by atoms with Crippen molar-refractivity contribution in [2.75, 3.05) is 7.11 Å². The summed E-state index contributed by atoms with van der Waals surface area (Å²) < 4.78 is 6.65. The molecule has 106 valence electrons. The first kappa shape index (κ1) is 14.5. The van der Waals surface area contributed by atoms with E-state index in [-0.39, 0.29) is 11.4 Å². The first-order valence-corrected chi connectivity index (χ1v) is 6.83. The van der Waals surface area contributed by atoms with Crippen LogP contribution in [0.1, 0.15) is 19.4 Å². The lowest BCUT2D eigenvalue weighted by Crippen LogP contribution is -1.94. The molecule has 1 saturated carbocycles. The van der Waals surface area contributed by atoms with E-state index in [1.165, 1.54) is 18.7 Å². The summed E-state index contributed by atoms with van der Waals surface area (Å²) >= 11 is 0. The number of allylic oxidation sites excluding steroid dienone is 1. The van der Waals surface area contributed by atoms with Gasteiger partial charge in [-0.05, 0) is 35.3 Å². The molecule has 1 aromatic heterocycles. The van der Waals surface area contributed by atoms with Crippen molar-refractivity contribution in [3.8, 4) is 12.3 Å². The molecular weight excluding hydrogens is 250 g/mol. The Balaban J connectivity index is 1.97. The third-order valence-corrected chi connectivity index (χ3v) is 4.32. The van der Waals surface area contributed by atoms with Gasteiger partial charge >= 0.3 is 5.97 Å². The normalized spacial score (nSPS) is 23.5. The molecule has 0 radical (unpaired) electrons. The highest BCUT2D eigenvalue weighted by Crippen LogP contribution is 2.60. The van der Waals surface area contributed by atoms with Crippen molar-refractivity contribution >= 4 is 5.97 Å². The van der Waals surface area contributed by atoms with Crippen LogP contribution in [-0.4, -0.2) is 17.6 Å². The first-order valence-electron chi connectivity index (χ1n) is 6.83. The quantitative estimate of drug-likeness (QED) is 0.468. The van der Waals surface area contributed by atoms with Crippen LogP contribution in [0.4, 0.5) is 0 Å². The number of aromatic nitrogens is 1. The van der Waals surface area contributed by atoms with E-state index < -0.39 is 0 Å². The summed E-state index contributed by atoms with van der Waals surface area (Å²) in [4.78, 5) is 11.2. The van der Waals surface area contributed by atoms with Crippen LogP contribution in [0, 0.1) is 29.6 Å². The average Bonchev–Trinajstić information content (AvgIpc) is 2.76. The second-order valence-electron chi connectivity index (χ2n) is 5.94. The van der Waals surface area contributed by atoms with Crippen molar-refractivity contribution in [1.82, 2.24) is 4.57 Å². The van der Waals surface area contributed by atoms with Crippen molar-refractivity contribution in [3.63, 3.8) is 0 Å². The number of hydrogen-bond acceptors (Lipinski definition) is 2. The van der Waals surface area contributed by atoms with Gasteiger partial charge in [0.1, 0.15) is 0 Å². The third kappa shape index (κ3) is 2.96. The molecule has 0 N–H and O–H groups in total. The van der Waals surface area contributed by atoms with Crippen LogP contribution in [0.25, 0.3) is 0 Å². The molecule has 3 nitrogen and oxygen atoms in total. The van der Waals surface area contributed by atoms with E-state index in [0.29, 0.717) is 18.4 Å². The van der Waals surface area contributed by atoms with Gasteiger partial charge in [-0.15, -0.1) is 6.42 Å². The Bertz CT molecular complexity index is 560. The predicted octanol–water partition coefficient (Wildman–Crippen LogP) is 2.67. The number of ether oxygens (including phenoxy) is 1. The van der Waals surface area contributed by atoms with Gasteiger partial charge in [0.05, 0.1) is 13.7 Å². The molecule has 0 spiro atoms. The average molecular weight is 271 g/mol. The summed E-state index contributed by atoms with van der Waals surface area (Å²) in [7, 11) is 1.40. The van der Waals surface area contributed by atoms with Crippen LogP contribution in [0.3, 0.4) is 0 Å². The minimum absolute atomic E-state index is 0.235. The van der Waals surface area contributed by atoms with E-state index in [0.717, 1.165) is 6.42 Å². The summed E-state index contributed by atoms with van der Waals surface area (Å²) in [6.45, 7) is 5.09. The maximum atomic E-state index is 11.2. The van der Waals surface area contributed by atoms with E-state index in [2.05, 4.69) is 36.8 Å². The maximum Gasteiger partial charge on any atom is 0.330 e. The standard InChI is InChI=1S/C17H21NO2/c1-5-9-18-10-8-13(12-18)11-15-14(17(15,2)3)6-7-16(19)20-4/h1,6-8,10,12,14-15H,9,11H2,2-4H3/b7-6-/t14?,15-/m1/s1. The molecule has 0 aromatic carbocycles. The largest absolute Gasteiger partial charge is 0.466 e. The van der Waals surface area contributed by atoms with Crippen molar-refractivity contribution in [2.24, 2.45) is 17.3 Å². The molecule has 1 unspecified atom stereocenters. The fourth-order valence-corrected chi connectivity index (χ4v) is 2.88. The molecule has 1 fully saturated rings. The van der Waals surface area contributed by atoms with E-state index in [4.69, 9.17) is 6.42 Å². The Morgan fingerprint density at radius 3 is 3.00 bits per heavy atom. The minimum atomic E-state index is -0.286. The number of esters is 1. The number of hydrogen-bond donors (Lipinski definition) is 0. The Morgan fingerprint density at radius 1 is 1.60 bits per heavy atom. The van der Waals surface area contributed by atoms with Crippen LogP contribution < -0.4 is 0 Å². The van der Waals surface area contributed by atoms with Crippen LogP contribution in [-0.2, 0) is 22.5 Å². The molecule has 1 aliphatic rings. The van der Waals surface area contributed by atoms with Crippen LogP contribution in [0.2, 0.25) is 0 Å². The van der Waals surface area contributed by atoms with Crippen LogP contribution >= 0.6 is 0 Å². The molecule has 3 heteroatoms. The second-order valence-corrected chi connectivity index (χ2v) is 5.94. The minimum Gasteiger partial charge on any atom is -0.466 e. The van der Waals surface area contributed by atoms with Crippen LogP contribution in [0.5, 0.6) is 0 Å². The zero-order chi connectivity index (χ0) is 14.8. The Hall–Kier alpha value is -1.95. The number of terminal acetylenes is 1. The number of methoxy groups -OCH3 is 1. The maximum absolute atomic E-state index is 11.2. The molecule has 0 bridgehead atoms. The highest BCUT2D eigenvalue weighted by atomic mass is 16.5. The summed E-state index contributed by atoms with van der Waals surface area (Å²) in [6, 6.07) is 2.12. The Morgan fingerprint density at radius 2 is 2.35 bits per heavy atom. The summed E-state index contributed by atoms with van der Waals surface area (Å²) in [5.74, 6) is 3.33. The second kappa shape index (κ2) is 5.58. The summed E-state index contributed by atoms with van der Waals surface area (Å²) in [5.41, 5.74) is 1.53. The smallest absolute Gasteiger partial charge is 0.330 e. The predicted molar refractivity (Wildman–Crippen MR) is 78.9 cm³/mol. The molecule has 1 aliphatic carbocycles. The number of nitrogens with zero attached hydrogens (tertiary/aromatic N) is 1. The third-order valence-electron chi connectivity index (χ3n) is 4.32. The lowest BCUT2D eigenvalue weighted by atomic mass is 10.1. The lowest BCUT2D eigenvalue weighted by molar-refractivity contribution is -0.134. The molecule has 1 heterocycles. The number of carbonyl (C=O) groups excluding carboxylic acids is 1. The van der Waals surface area contributed by atoms with Gasteiger partial charge < -0.3 is 9.30 Å². The SMILES string of the molecule is C#CCn1ccc(C[C@@H]2C(/C=C\C(=O)OC)C2(C)C)c1. The van der Waals surface area contributed by atoms with Gasteiger partial charge in [0, 0.05) is 18.5 Å². The molecule has 0 saturated heterocycles. The Kier molecular flexibility index (Phi) is 4.04. The van der Waals surface area contributed by atoms with E-state index in [1.807, 2.05) is 16.8 Å². The fraction of sp³-hybridized carbons (Fsp3) is 0.471. The van der Waals surface area contributed by atoms with Gasteiger partial charge in [0.25, 0.3) is 0 Å². The highest BCUT2D eigenvalue weighted by Gasteiger charge is 2.55. The zero-order valence-electron chi connectivity index (χ0n) is 12.3. The first-order chi connectivity index (χ1) is 9.48. The molecule has 0 amide bonds. The van der Waals surface area contributed by atoms with Crippen LogP contribution in [0.15, 0.2) is 30.6 Å². The summed E-state index contributed by atoms with van der Waals surface area (Å²) in [5, 5.41) is 0. The van der Waals surface area contributed by atoms with Gasteiger partial charge in [0.15, 0.2) is 0 Å².